The molecule has 0 radical (unpaired) electrons. The molecule has 1 heterocycles. The van der Waals surface area contributed by atoms with Crippen molar-refractivity contribution >= 4 is 12.0 Å². The number of carboxylic acids is 1. The number of aliphatic carboxylic acids is 1. The van der Waals surface area contributed by atoms with Gasteiger partial charge in [-0.15, -0.1) is 0 Å². The van der Waals surface area contributed by atoms with Crippen LogP contribution in [0, 0.1) is 5.41 Å². The molecule has 0 atom stereocenters. The molecule has 0 spiro atoms. The molecule has 21 heavy (non-hydrogen) atoms. The first-order valence-electron chi connectivity index (χ1n) is 7.97. The minimum Gasteiger partial charge on any atom is -0.481 e. The molecule has 0 unspecified atom stereocenters. The summed E-state index contributed by atoms with van der Waals surface area (Å²) in [5.74, 6) is -0.833. The number of rotatable bonds is 7. The normalized spacial score (nSPS) is 16.8. The lowest BCUT2D eigenvalue weighted by molar-refractivity contribution is -0.149. The van der Waals surface area contributed by atoms with Gasteiger partial charge in [0.1, 0.15) is 0 Å². The molecule has 0 saturated carbocycles. The highest BCUT2D eigenvalue weighted by molar-refractivity contribution is 5.78. The highest BCUT2D eigenvalue weighted by Gasteiger charge is 2.35. The predicted molar refractivity (Wildman–Crippen MR) is 82.4 cm³/mol. The van der Waals surface area contributed by atoms with Gasteiger partial charge in [0.25, 0.3) is 0 Å². The maximum absolute atomic E-state index is 12.2. The number of carbonyl (C=O) groups excluding carboxylic acids is 1. The second kappa shape index (κ2) is 8.22. The fourth-order valence-electron chi connectivity index (χ4n) is 2.73. The number of nitrogens with zero attached hydrogens (tertiary/aromatic N) is 2. The highest BCUT2D eigenvalue weighted by Crippen LogP contribution is 2.25. The molecule has 0 aliphatic carbocycles. The van der Waals surface area contributed by atoms with Gasteiger partial charge in [-0.1, -0.05) is 20.8 Å². The summed E-state index contributed by atoms with van der Waals surface area (Å²) in [5.41, 5.74) is -0.848. The van der Waals surface area contributed by atoms with Gasteiger partial charge in [-0.05, 0) is 25.8 Å². The van der Waals surface area contributed by atoms with Gasteiger partial charge < -0.3 is 15.3 Å². The molecular weight excluding hydrogens is 270 g/mol. The number of hydrogen-bond acceptors (Lipinski definition) is 3. The van der Waals surface area contributed by atoms with Crippen LogP contribution in [0.1, 0.15) is 40.0 Å². The van der Waals surface area contributed by atoms with Crippen LogP contribution in [-0.2, 0) is 4.79 Å². The summed E-state index contributed by atoms with van der Waals surface area (Å²) in [6.07, 6.45) is 2.16. The molecule has 2 N–H and O–H groups in total. The average Bonchev–Trinajstić information content (AvgIpc) is 2.49. The van der Waals surface area contributed by atoms with Crippen molar-refractivity contribution in [2.24, 2.45) is 5.41 Å². The summed E-state index contributed by atoms with van der Waals surface area (Å²) < 4.78 is 0. The van der Waals surface area contributed by atoms with Gasteiger partial charge >= 0.3 is 12.0 Å². The quantitative estimate of drug-likeness (QED) is 0.749. The smallest absolute Gasteiger partial charge is 0.317 e. The largest absolute Gasteiger partial charge is 0.481 e. The van der Waals surface area contributed by atoms with Crippen LogP contribution in [0.5, 0.6) is 0 Å². The Morgan fingerprint density at radius 3 is 2.10 bits per heavy atom. The van der Waals surface area contributed by atoms with E-state index in [-0.39, 0.29) is 12.6 Å². The first-order chi connectivity index (χ1) is 9.99. The monoisotopic (exact) mass is 299 g/mol. The first-order valence-corrected chi connectivity index (χ1v) is 7.97. The third kappa shape index (κ3) is 4.59. The van der Waals surface area contributed by atoms with Crippen molar-refractivity contribution in [3.8, 4) is 0 Å². The van der Waals surface area contributed by atoms with Gasteiger partial charge in [0.15, 0.2) is 0 Å². The van der Waals surface area contributed by atoms with Crippen LogP contribution in [0.15, 0.2) is 0 Å². The van der Waals surface area contributed by atoms with Crippen molar-refractivity contribution in [1.82, 2.24) is 15.1 Å². The molecule has 0 aromatic carbocycles. The summed E-state index contributed by atoms with van der Waals surface area (Å²) in [4.78, 5) is 27.7. The molecular formula is C15H29N3O3. The van der Waals surface area contributed by atoms with Gasteiger partial charge in [-0.2, -0.15) is 0 Å². The summed E-state index contributed by atoms with van der Waals surface area (Å²) in [6, 6.07) is -0.140. The van der Waals surface area contributed by atoms with Gasteiger partial charge in [-0.25, -0.2) is 4.79 Å². The molecule has 0 aromatic heterocycles. The van der Waals surface area contributed by atoms with E-state index in [9.17, 15) is 14.7 Å². The van der Waals surface area contributed by atoms with Gasteiger partial charge in [-0.3, -0.25) is 9.69 Å². The van der Waals surface area contributed by atoms with Crippen LogP contribution >= 0.6 is 0 Å². The number of piperazine rings is 1. The third-order valence-corrected chi connectivity index (χ3v) is 4.58. The van der Waals surface area contributed by atoms with Gasteiger partial charge in [0.2, 0.25) is 0 Å². The maximum Gasteiger partial charge on any atom is 0.317 e. The maximum atomic E-state index is 12.2. The van der Waals surface area contributed by atoms with E-state index < -0.39 is 11.4 Å². The Bertz CT molecular complexity index is 348. The molecule has 122 valence electrons. The molecule has 1 saturated heterocycles. The highest BCUT2D eigenvalue weighted by atomic mass is 16.4. The predicted octanol–water partition coefficient (Wildman–Crippen LogP) is 1.61. The van der Waals surface area contributed by atoms with E-state index in [0.29, 0.717) is 25.9 Å². The lowest BCUT2D eigenvalue weighted by atomic mass is 9.82. The summed E-state index contributed by atoms with van der Waals surface area (Å²) in [5, 5.41) is 12.2. The second-order valence-corrected chi connectivity index (χ2v) is 5.78. The zero-order valence-electron chi connectivity index (χ0n) is 13.5. The van der Waals surface area contributed by atoms with E-state index in [0.717, 1.165) is 26.1 Å². The Morgan fingerprint density at radius 2 is 1.67 bits per heavy atom. The number of urea groups is 1. The minimum absolute atomic E-state index is 0.140. The van der Waals surface area contributed by atoms with Crippen molar-refractivity contribution in [2.75, 3.05) is 39.3 Å². The van der Waals surface area contributed by atoms with Crippen molar-refractivity contribution in [1.29, 1.82) is 0 Å². The molecule has 1 aliphatic heterocycles. The Balaban J connectivity index is 2.45. The summed E-state index contributed by atoms with van der Waals surface area (Å²) in [7, 11) is 0. The van der Waals surface area contributed by atoms with E-state index >= 15 is 0 Å². The molecule has 1 fully saturated rings. The molecule has 1 aliphatic rings. The SMILES string of the molecule is CCCN1CCN(C(=O)NCC(CC)(CC)C(=O)O)CC1. The summed E-state index contributed by atoms with van der Waals surface area (Å²) >= 11 is 0. The molecule has 0 bridgehead atoms. The Kier molecular flexibility index (Phi) is 6.95. The van der Waals surface area contributed by atoms with Crippen LogP contribution < -0.4 is 5.32 Å². The van der Waals surface area contributed by atoms with E-state index in [2.05, 4.69) is 17.1 Å². The van der Waals surface area contributed by atoms with E-state index in [4.69, 9.17) is 0 Å². The minimum atomic E-state index is -0.848. The number of hydrogen-bond donors (Lipinski definition) is 2. The topological polar surface area (TPSA) is 72.9 Å². The van der Waals surface area contributed by atoms with Crippen molar-refractivity contribution < 1.29 is 14.7 Å². The van der Waals surface area contributed by atoms with Crippen molar-refractivity contribution in [2.45, 2.75) is 40.0 Å². The number of carbonyl (C=O) groups is 2. The molecule has 6 heteroatoms. The molecule has 1 rings (SSSR count). The number of nitrogens with one attached hydrogen (secondary N) is 1. The zero-order chi connectivity index (χ0) is 15.9. The van der Waals surface area contributed by atoms with Crippen LogP contribution in [-0.4, -0.2) is 66.2 Å². The van der Waals surface area contributed by atoms with E-state index in [1.54, 1.807) is 4.90 Å². The number of carboxylic acid groups (broad SMARTS) is 1. The van der Waals surface area contributed by atoms with Crippen LogP contribution in [0.25, 0.3) is 0 Å². The van der Waals surface area contributed by atoms with Gasteiger partial charge in [0, 0.05) is 32.7 Å². The van der Waals surface area contributed by atoms with Crippen LogP contribution in [0.2, 0.25) is 0 Å². The zero-order valence-corrected chi connectivity index (χ0v) is 13.5. The Labute approximate surface area is 127 Å². The van der Waals surface area contributed by atoms with Gasteiger partial charge in [0.05, 0.1) is 5.41 Å². The Morgan fingerprint density at radius 1 is 1.10 bits per heavy atom. The van der Waals surface area contributed by atoms with Crippen molar-refractivity contribution in [3.63, 3.8) is 0 Å². The average molecular weight is 299 g/mol. The molecule has 2 amide bonds. The third-order valence-electron chi connectivity index (χ3n) is 4.58. The van der Waals surface area contributed by atoms with Crippen LogP contribution in [0.4, 0.5) is 4.79 Å². The summed E-state index contributed by atoms with van der Waals surface area (Å²) in [6.45, 7) is 10.3. The lowest BCUT2D eigenvalue weighted by Gasteiger charge is -2.35. The van der Waals surface area contributed by atoms with E-state index in [1.807, 2.05) is 13.8 Å². The fourth-order valence-corrected chi connectivity index (χ4v) is 2.73. The Hall–Kier alpha value is -1.30. The first kappa shape index (κ1) is 17.8. The fraction of sp³-hybridized carbons (Fsp3) is 0.867. The second-order valence-electron chi connectivity index (χ2n) is 5.78. The lowest BCUT2D eigenvalue weighted by Crippen LogP contribution is -2.53. The van der Waals surface area contributed by atoms with Crippen LogP contribution in [0.3, 0.4) is 0 Å². The standard InChI is InChI=1S/C15H29N3O3/c1-4-7-17-8-10-18(11-9-17)14(21)16-12-15(5-2,6-3)13(19)20/h4-12H2,1-3H3,(H,16,21)(H,19,20). The van der Waals surface area contributed by atoms with Crippen molar-refractivity contribution in [3.05, 3.63) is 0 Å². The number of amides is 2. The molecule has 6 nitrogen and oxygen atoms in total. The molecule has 0 aromatic rings. The van der Waals surface area contributed by atoms with E-state index in [1.165, 1.54) is 0 Å².